The van der Waals surface area contributed by atoms with Crippen LogP contribution in [0.3, 0.4) is 0 Å². The molecule has 0 saturated heterocycles. The summed E-state index contributed by atoms with van der Waals surface area (Å²) in [5.74, 6) is 3.38. The van der Waals surface area contributed by atoms with Crippen molar-refractivity contribution in [3.63, 3.8) is 0 Å². The van der Waals surface area contributed by atoms with Crippen molar-refractivity contribution < 1.29 is 4.74 Å². The molecule has 4 nitrogen and oxygen atoms in total. The molecule has 1 heterocycles. The summed E-state index contributed by atoms with van der Waals surface area (Å²) in [4.78, 5) is 4.56. The minimum absolute atomic E-state index is 0.460. The molecule has 1 N–H and O–H groups in total. The van der Waals surface area contributed by atoms with E-state index in [0.29, 0.717) is 6.04 Å². The van der Waals surface area contributed by atoms with Gasteiger partial charge < -0.3 is 14.6 Å². The van der Waals surface area contributed by atoms with Gasteiger partial charge in [0.05, 0.1) is 5.69 Å². The van der Waals surface area contributed by atoms with Crippen LogP contribution in [0.1, 0.15) is 32.4 Å². The minimum Gasteiger partial charge on any atom is -0.385 e. The van der Waals surface area contributed by atoms with Crippen molar-refractivity contribution in [2.45, 2.75) is 46.2 Å². The van der Waals surface area contributed by atoms with Crippen LogP contribution in [0.2, 0.25) is 0 Å². The molecule has 0 bridgehead atoms. The van der Waals surface area contributed by atoms with Crippen molar-refractivity contribution in [1.82, 2.24) is 9.55 Å². The quantitative estimate of drug-likeness (QED) is 0.670. The molecule has 0 fully saturated rings. The lowest BCUT2D eigenvalue weighted by molar-refractivity contribution is 0.190. The molecule has 0 aliphatic carbocycles. The zero-order chi connectivity index (χ0) is 14.1. The smallest absolute Gasteiger partial charge is 0.203 e. The average molecular weight is 285 g/mol. The third-order valence-corrected chi connectivity index (χ3v) is 3.85. The molecule has 19 heavy (non-hydrogen) atoms. The highest BCUT2D eigenvalue weighted by atomic mass is 32.2. The predicted molar refractivity (Wildman–Crippen MR) is 84.2 cm³/mol. The van der Waals surface area contributed by atoms with E-state index in [1.807, 2.05) is 18.7 Å². The van der Waals surface area contributed by atoms with E-state index in [9.17, 15) is 0 Å². The summed E-state index contributed by atoms with van der Waals surface area (Å²) < 4.78 is 7.29. The summed E-state index contributed by atoms with van der Waals surface area (Å²) in [6.07, 6.45) is 4.29. The van der Waals surface area contributed by atoms with E-state index in [1.54, 1.807) is 7.11 Å². The molecule has 1 atom stereocenters. The average Bonchev–Trinajstić information content (AvgIpc) is 2.70. The third-order valence-electron chi connectivity index (χ3n) is 2.92. The van der Waals surface area contributed by atoms with E-state index < -0.39 is 0 Å². The Morgan fingerprint density at radius 3 is 3.00 bits per heavy atom. The van der Waals surface area contributed by atoms with Crippen molar-refractivity contribution in [2.75, 3.05) is 30.5 Å². The molecule has 1 aromatic rings. The van der Waals surface area contributed by atoms with Crippen LogP contribution in [0, 0.1) is 6.92 Å². The van der Waals surface area contributed by atoms with Crippen LogP contribution in [0.15, 0.2) is 6.20 Å². The number of aryl methyl sites for hydroxylation is 2. The Hall–Kier alpha value is -0.680. The van der Waals surface area contributed by atoms with Crippen molar-refractivity contribution in [3.05, 3.63) is 11.9 Å². The Morgan fingerprint density at radius 1 is 1.53 bits per heavy atom. The fourth-order valence-electron chi connectivity index (χ4n) is 1.91. The maximum Gasteiger partial charge on any atom is 0.203 e. The molecule has 0 aromatic carbocycles. The first-order valence-electron chi connectivity index (χ1n) is 7.04. The first-order chi connectivity index (χ1) is 9.17. The molecule has 0 radical (unpaired) electrons. The summed E-state index contributed by atoms with van der Waals surface area (Å²) in [7, 11) is 1.74. The SMILES string of the molecule is CCSCCC(C)Nc1nc(C)cn1CCCOC. The highest BCUT2D eigenvalue weighted by Crippen LogP contribution is 2.13. The number of aromatic nitrogens is 2. The Kier molecular flexibility index (Phi) is 7.98. The molecule has 0 aliphatic heterocycles. The third kappa shape index (κ3) is 6.34. The lowest BCUT2D eigenvalue weighted by Gasteiger charge is -2.15. The summed E-state index contributed by atoms with van der Waals surface area (Å²) in [5, 5.41) is 3.51. The van der Waals surface area contributed by atoms with Crippen LogP contribution in [0.5, 0.6) is 0 Å². The Bertz CT molecular complexity index is 354. The number of methoxy groups -OCH3 is 1. The Labute approximate surface area is 121 Å². The van der Waals surface area contributed by atoms with Gasteiger partial charge in [0.2, 0.25) is 5.95 Å². The fraction of sp³-hybridized carbons (Fsp3) is 0.786. The van der Waals surface area contributed by atoms with Crippen molar-refractivity contribution in [1.29, 1.82) is 0 Å². The van der Waals surface area contributed by atoms with Gasteiger partial charge in [-0.2, -0.15) is 11.8 Å². The Morgan fingerprint density at radius 2 is 2.32 bits per heavy atom. The van der Waals surface area contributed by atoms with Gasteiger partial charge in [-0.05, 0) is 38.2 Å². The van der Waals surface area contributed by atoms with Gasteiger partial charge in [-0.1, -0.05) is 6.92 Å². The number of imidazole rings is 1. The number of hydrogen-bond donors (Lipinski definition) is 1. The summed E-state index contributed by atoms with van der Waals surface area (Å²) in [5.41, 5.74) is 1.06. The second-order valence-corrected chi connectivity index (χ2v) is 6.17. The van der Waals surface area contributed by atoms with Gasteiger partial charge in [0.25, 0.3) is 0 Å². The molecule has 110 valence electrons. The Balaban J connectivity index is 2.46. The number of ether oxygens (including phenoxy) is 1. The van der Waals surface area contributed by atoms with Crippen molar-refractivity contribution in [2.24, 2.45) is 0 Å². The van der Waals surface area contributed by atoms with Gasteiger partial charge >= 0.3 is 0 Å². The molecule has 0 saturated carbocycles. The van der Waals surface area contributed by atoms with Crippen LogP contribution >= 0.6 is 11.8 Å². The number of anilines is 1. The van der Waals surface area contributed by atoms with Gasteiger partial charge in [0.15, 0.2) is 0 Å². The van der Waals surface area contributed by atoms with E-state index in [4.69, 9.17) is 4.74 Å². The molecule has 5 heteroatoms. The molecule has 0 aliphatic rings. The molecule has 0 amide bonds. The maximum absolute atomic E-state index is 5.10. The number of nitrogens with zero attached hydrogens (tertiary/aromatic N) is 2. The van der Waals surface area contributed by atoms with Crippen LogP contribution in [0.25, 0.3) is 0 Å². The second-order valence-electron chi connectivity index (χ2n) is 4.78. The van der Waals surface area contributed by atoms with Gasteiger partial charge in [-0.15, -0.1) is 0 Å². The van der Waals surface area contributed by atoms with Gasteiger partial charge in [0.1, 0.15) is 0 Å². The monoisotopic (exact) mass is 285 g/mol. The minimum atomic E-state index is 0.460. The first kappa shape index (κ1) is 16.4. The van der Waals surface area contributed by atoms with Crippen molar-refractivity contribution >= 4 is 17.7 Å². The summed E-state index contributed by atoms with van der Waals surface area (Å²) in [6, 6.07) is 0.460. The lowest BCUT2D eigenvalue weighted by Crippen LogP contribution is -2.19. The van der Waals surface area contributed by atoms with Crippen LogP contribution < -0.4 is 5.32 Å². The molecule has 1 unspecified atom stereocenters. The lowest BCUT2D eigenvalue weighted by atomic mass is 10.3. The maximum atomic E-state index is 5.10. The highest BCUT2D eigenvalue weighted by molar-refractivity contribution is 7.99. The largest absolute Gasteiger partial charge is 0.385 e. The van der Waals surface area contributed by atoms with Gasteiger partial charge in [-0.3, -0.25) is 0 Å². The molecular formula is C14H27N3OS. The summed E-state index contributed by atoms with van der Waals surface area (Å²) >= 11 is 1.99. The molecule has 1 rings (SSSR count). The normalized spacial score (nSPS) is 12.6. The predicted octanol–water partition coefficient (Wildman–Crippen LogP) is 3.17. The topological polar surface area (TPSA) is 39.1 Å². The highest BCUT2D eigenvalue weighted by Gasteiger charge is 2.08. The molecule has 0 spiro atoms. The van der Waals surface area contributed by atoms with Crippen LogP contribution in [-0.4, -0.2) is 40.8 Å². The summed E-state index contributed by atoms with van der Waals surface area (Å²) in [6.45, 7) is 8.21. The van der Waals surface area contributed by atoms with E-state index in [2.05, 4.69) is 34.9 Å². The van der Waals surface area contributed by atoms with Gasteiger partial charge in [-0.25, -0.2) is 4.98 Å². The number of thioether (sulfide) groups is 1. The van der Waals surface area contributed by atoms with Crippen LogP contribution in [0.4, 0.5) is 5.95 Å². The van der Waals surface area contributed by atoms with Crippen LogP contribution in [-0.2, 0) is 11.3 Å². The molecular weight excluding hydrogens is 258 g/mol. The van der Waals surface area contributed by atoms with Gasteiger partial charge in [0, 0.05) is 32.5 Å². The van der Waals surface area contributed by atoms with E-state index in [-0.39, 0.29) is 0 Å². The van der Waals surface area contributed by atoms with E-state index in [0.717, 1.165) is 31.2 Å². The zero-order valence-corrected chi connectivity index (χ0v) is 13.4. The number of hydrogen-bond acceptors (Lipinski definition) is 4. The van der Waals surface area contributed by atoms with E-state index >= 15 is 0 Å². The standard InChI is InChI=1S/C14H27N3OS/c1-5-19-10-7-12(2)15-14-16-13(3)11-17(14)8-6-9-18-4/h11-12H,5-10H2,1-4H3,(H,15,16). The fourth-order valence-corrected chi connectivity index (χ4v) is 2.72. The number of nitrogens with one attached hydrogen (secondary N) is 1. The number of rotatable bonds is 10. The second kappa shape index (κ2) is 9.26. The molecule has 1 aromatic heterocycles. The van der Waals surface area contributed by atoms with E-state index in [1.165, 1.54) is 17.9 Å². The van der Waals surface area contributed by atoms with Crippen molar-refractivity contribution in [3.8, 4) is 0 Å². The zero-order valence-electron chi connectivity index (χ0n) is 12.6. The first-order valence-corrected chi connectivity index (χ1v) is 8.19.